The molecule has 2 N–H and O–H groups in total. The zero-order valence-electron chi connectivity index (χ0n) is 12.1. The number of sulfonamides is 1. The molecule has 1 aromatic carbocycles. The van der Waals surface area contributed by atoms with Gasteiger partial charge in [0.15, 0.2) is 0 Å². The van der Waals surface area contributed by atoms with Crippen LogP contribution in [0.1, 0.15) is 11.5 Å². The second-order valence-corrected chi connectivity index (χ2v) is 7.10. The van der Waals surface area contributed by atoms with Gasteiger partial charge in [-0.05, 0) is 37.3 Å². The van der Waals surface area contributed by atoms with Crippen molar-refractivity contribution in [1.29, 1.82) is 0 Å². The van der Waals surface area contributed by atoms with Crippen LogP contribution in [-0.4, -0.2) is 29.7 Å². The van der Waals surface area contributed by atoms with E-state index in [0.717, 1.165) is 5.76 Å². The molecule has 22 heavy (non-hydrogen) atoms. The molecule has 0 aliphatic carbocycles. The van der Waals surface area contributed by atoms with E-state index in [1.54, 1.807) is 25.1 Å². The summed E-state index contributed by atoms with van der Waals surface area (Å²) in [6.45, 7) is 1.94. The molecule has 0 unspecified atom stereocenters. The van der Waals surface area contributed by atoms with E-state index in [1.165, 1.54) is 23.5 Å². The third kappa shape index (κ3) is 2.58. The van der Waals surface area contributed by atoms with Gasteiger partial charge in [-0.3, -0.25) is 0 Å². The molecule has 0 fully saturated rings. The van der Waals surface area contributed by atoms with Crippen molar-refractivity contribution in [2.24, 2.45) is 0 Å². The molecule has 0 bridgehead atoms. The number of aromatic nitrogens is 2. The molecule has 3 rings (SSSR count). The highest BCUT2D eigenvalue weighted by molar-refractivity contribution is 7.89. The molecule has 8 heteroatoms. The van der Waals surface area contributed by atoms with Gasteiger partial charge in [-0.25, -0.2) is 13.2 Å². The molecule has 7 nitrogen and oxygen atoms in total. The lowest BCUT2D eigenvalue weighted by Crippen LogP contribution is -2.26. The standard InChI is InChI=1S/C14H15N3O4S/c1-9-3-4-10(21-9)8-17(2)22(19,20)11-5-6-12-13(7-11)16-14(18)15-12/h3-7H,8H2,1-2H3,(H2,15,16,18). The molecule has 2 heterocycles. The Morgan fingerprint density at radius 2 is 1.86 bits per heavy atom. The number of benzene rings is 1. The fraction of sp³-hybridized carbons (Fsp3) is 0.214. The van der Waals surface area contributed by atoms with Crippen LogP contribution in [-0.2, 0) is 16.6 Å². The zero-order chi connectivity index (χ0) is 15.9. The van der Waals surface area contributed by atoms with Crippen LogP contribution in [0.4, 0.5) is 0 Å². The largest absolute Gasteiger partial charge is 0.465 e. The van der Waals surface area contributed by atoms with Crippen molar-refractivity contribution >= 4 is 21.1 Å². The van der Waals surface area contributed by atoms with E-state index in [-0.39, 0.29) is 17.1 Å². The molecule has 0 radical (unpaired) electrons. The molecule has 0 saturated carbocycles. The normalized spacial score (nSPS) is 12.3. The number of hydrogen-bond donors (Lipinski definition) is 2. The van der Waals surface area contributed by atoms with Gasteiger partial charge in [-0.15, -0.1) is 0 Å². The van der Waals surface area contributed by atoms with Crippen molar-refractivity contribution in [2.45, 2.75) is 18.4 Å². The zero-order valence-corrected chi connectivity index (χ0v) is 12.9. The summed E-state index contributed by atoms with van der Waals surface area (Å²) >= 11 is 0. The predicted octanol–water partition coefficient (Wildman–Crippen LogP) is 1.58. The van der Waals surface area contributed by atoms with Crippen LogP contribution in [0.5, 0.6) is 0 Å². The SMILES string of the molecule is Cc1ccc(CN(C)S(=O)(=O)c2ccc3[nH]c(=O)[nH]c3c2)o1. The predicted molar refractivity (Wildman–Crippen MR) is 81.0 cm³/mol. The number of aromatic amines is 2. The second kappa shape index (κ2) is 5.15. The summed E-state index contributed by atoms with van der Waals surface area (Å²) < 4.78 is 31.8. The van der Waals surface area contributed by atoms with Crippen molar-refractivity contribution in [2.75, 3.05) is 7.05 Å². The van der Waals surface area contributed by atoms with Crippen LogP contribution in [0.25, 0.3) is 11.0 Å². The Morgan fingerprint density at radius 3 is 2.55 bits per heavy atom. The summed E-state index contributed by atoms with van der Waals surface area (Å²) in [7, 11) is -2.19. The van der Waals surface area contributed by atoms with Crippen molar-refractivity contribution in [1.82, 2.24) is 14.3 Å². The van der Waals surface area contributed by atoms with E-state index in [4.69, 9.17) is 4.42 Å². The van der Waals surface area contributed by atoms with E-state index in [1.807, 2.05) is 0 Å². The number of nitrogens with zero attached hydrogens (tertiary/aromatic N) is 1. The van der Waals surface area contributed by atoms with Crippen molar-refractivity contribution in [3.05, 3.63) is 52.3 Å². The van der Waals surface area contributed by atoms with Crippen molar-refractivity contribution in [3.63, 3.8) is 0 Å². The van der Waals surface area contributed by atoms with Crippen LogP contribution in [0, 0.1) is 6.92 Å². The molecule has 2 aromatic heterocycles. The van der Waals surface area contributed by atoms with Gasteiger partial charge in [0.2, 0.25) is 10.0 Å². The topological polar surface area (TPSA) is 99.2 Å². The van der Waals surface area contributed by atoms with Gasteiger partial charge in [0.25, 0.3) is 0 Å². The van der Waals surface area contributed by atoms with E-state index in [0.29, 0.717) is 16.8 Å². The number of fused-ring (bicyclic) bond motifs is 1. The van der Waals surface area contributed by atoms with Crippen LogP contribution >= 0.6 is 0 Å². The Balaban J connectivity index is 1.94. The number of furan rings is 1. The Kier molecular flexibility index (Phi) is 3.42. The van der Waals surface area contributed by atoms with Gasteiger partial charge in [0.1, 0.15) is 11.5 Å². The highest BCUT2D eigenvalue weighted by atomic mass is 32.2. The van der Waals surface area contributed by atoms with E-state index in [2.05, 4.69) is 9.97 Å². The number of hydrogen-bond acceptors (Lipinski definition) is 4. The maximum Gasteiger partial charge on any atom is 0.323 e. The fourth-order valence-electron chi connectivity index (χ4n) is 2.23. The summed E-state index contributed by atoms with van der Waals surface area (Å²) in [6.07, 6.45) is 0. The van der Waals surface area contributed by atoms with Crippen LogP contribution in [0.2, 0.25) is 0 Å². The van der Waals surface area contributed by atoms with Crippen LogP contribution in [0.3, 0.4) is 0 Å². The lowest BCUT2D eigenvalue weighted by Gasteiger charge is -2.15. The van der Waals surface area contributed by atoms with E-state index in [9.17, 15) is 13.2 Å². The number of imidazole rings is 1. The quantitative estimate of drug-likeness (QED) is 0.762. The number of aryl methyl sites for hydroxylation is 1. The van der Waals surface area contributed by atoms with Gasteiger partial charge in [0.05, 0.1) is 22.5 Å². The van der Waals surface area contributed by atoms with Crippen molar-refractivity contribution in [3.8, 4) is 0 Å². The second-order valence-electron chi connectivity index (χ2n) is 5.06. The summed E-state index contributed by atoms with van der Waals surface area (Å²) in [6, 6.07) is 7.99. The Bertz CT molecular complexity index is 981. The maximum atomic E-state index is 12.6. The number of H-pyrrole nitrogens is 2. The maximum absolute atomic E-state index is 12.6. The van der Waals surface area contributed by atoms with Gasteiger partial charge in [0, 0.05) is 7.05 Å². The fourth-order valence-corrected chi connectivity index (χ4v) is 3.39. The summed E-state index contributed by atoms with van der Waals surface area (Å²) in [5, 5.41) is 0. The molecule has 3 aromatic rings. The molecular formula is C14H15N3O4S. The molecule has 0 amide bonds. The lowest BCUT2D eigenvalue weighted by atomic mass is 10.3. The first kappa shape index (κ1) is 14.6. The molecule has 0 aliphatic rings. The first-order valence-electron chi connectivity index (χ1n) is 6.60. The summed E-state index contributed by atoms with van der Waals surface area (Å²) in [4.78, 5) is 16.5. The molecule has 0 spiro atoms. The molecule has 0 atom stereocenters. The average Bonchev–Trinajstić information content (AvgIpc) is 3.02. The van der Waals surface area contributed by atoms with Gasteiger partial charge >= 0.3 is 5.69 Å². The third-order valence-corrected chi connectivity index (χ3v) is 5.17. The summed E-state index contributed by atoms with van der Waals surface area (Å²) in [5.74, 6) is 1.30. The van der Waals surface area contributed by atoms with E-state index >= 15 is 0 Å². The molecular weight excluding hydrogens is 306 g/mol. The highest BCUT2D eigenvalue weighted by Crippen LogP contribution is 2.20. The number of rotatable bonds is 4. The van der Waals surface area contributed by atoms with Gasteiger partial charge in [-0.2, -0.15) is 4.31 Å². The van der Waals surface area contributed by atoms with Crippen LogP contribution in [0.15, 0.2) is 44.4 Å². The lowest BCUT2D eigenvalue weighted by molar-refractivity contribution is 0.397. The smallest absolute Gasteiger partial charge is 0.323 e. The van der Waals surface area contributed by atoms with Gasteiger partial charge < -0.3 is 14.4 Å². The Labute approximate surface area is 126 Å². The minimum absolute atomic E-state index is 0.112. The molecule has 0 saturated heterocycles. The summed E-state index contributed by atoms with van der Waals surface area (Å²) in [5.41, 5.74) is 0.644. The minimum atomic E-state index is -3.67. The monoisotopic (exact) mass is 321 g/mol. The van der Waals surface area contributed by atoms with Crippen LogP contribution < -0.4 is 5.69 Å². The Hall–Kier alpha value is -2.32. The van der Waals surface area contributed by atoms with E-state index < -0.39 is 10.0 Å². The third-order valence-electron chi connectivity index (χ3n) is 3.37. The van der Waals surface area contributed by atoms with Gasteiger partial charge in [-0.1, -0.05) is 0 Å². The highest BCUT2D eigenvalue weighted by Gasteiger charge is 2.22. The minimum Gasteiger partial charge on any atom is -0.465 e. The first-order chi connectivity index (χ1) is 10.4. The molecule has 0 aliphatic heterocycles. The first-order valence-corrected chi connectivity index (χ1v) is 8.04. The number of nitrogens with one attached hydrogen (secondary N) is 2. The van der Waals surface area contributed by atoms with Crippen molar-refractivity contribution < 1.29 is 12.8 Å². The average molecular weight is 321 g/mol. The Morgan fingerprint density at radius 1 is 1.14 bits per heavy atom. The molecule has 116 valence electrons.